The second kappa shape index (κ2) is 6.01. The molecular formula is C18H18N2O2S. The molecule has 1 aromatic heterocycles. The fourth-order valence-electron chi connectivity index (χ4n) is 2.78. The largest absolute Gasteiger partial charge is 0.481 e. The summed E-state index contributed by atoms with van der Waals surface area (Å²) in [6, 6.07) is 16.9. The summed E-state index contributed by atoms with van der Waals surface area (Å²) in [4.78, 5) is 13.8. The first-order valence-electron chi connectivity index (χ1n) is 7.40. The Labute approximate surface area is 138 Å². The van der Waals surface area contributed by atoms with Gasteiger partial charge in [-0.3, -0.25) is 4.79 Å². The minimum absolute atomic E-state index is 0.0136. The van der Waals surface area contributed by atoms with E-state index in [1.165, 1.54) is 21.0 Å². The van der Waals surface area contributed by atoms with E-state index in [1.807, 2.05) is 0 Å². The lowest BCUT2D eigenvalue weighted by Gasteiger charge is -2.20. The number of anilines is 1. The number of hydrogen-bond acceptors (Lipinski definition) is 4. The zero-order valence-corrected chi connectivity index (χ0v) is 13.9. The second-order valence-electron chi connectivity index (χ2n) is 5.74. The first-order chi connectivity index (χ1) is 11.0. The summed E-state index contributed by atoms with van der Waals surface area (Å²) in [5.74, 6) is -0.833. The first-order valence-corrected chi connectivity index (χ1v) is 8.21. The summed E-state index contributed by atoms with van der Waals surface area (Å²) in [5.41, 5.74) is 3.69. The normalized spacial score (nSPS) is 18.7. The molecule has 118 valence electrons. The van der Waals surface area contributed by atoms with Crippen molar-refractivity contribution in [1.29, 1.82) is 0 Å². The fourth-order valence-corrected chi connectivity index (χ4v) is 3.91. The quantitative estimate of drug-likeness (QED) is 0.706. The third-order valence-electron chi connectivity index (χ3n) is 3.92. The second-order valence-corrected chi connectivity index (χ2v) is 6.77. The lowest BCUT2D eigenvalue weighted by atomic mass is 9.85. The van der Waals surface area contributed by atoms with E-state index in [0.717, 1.165) is 19.0 Å². The maximum atomic E-state index is 9.00. The van der Waals surface area contributed by atoms with Gasteiger partial charge in [0.2, 0.25) is 0 Å². The molecule has 0 amide bonds. The van der Waals surface area contributed by atoms with Crippen molar-refractivity contribution in [3.63, 3.8) is 0 Å². The summed E-state index contributed by atoms with van der Waals surface area (Å²) in [7, 11) is 0. The zero-order valence-electron chi connectivity index (χ0n) is 13.0. The van der Waals surface area contributed by atoms with Crippen LogP contribution in [0.4, 0.5) is 5.69 Å². The van der Waals surface area contributed by atoms with Crippen LogP contribution < -0.4 is 5.32 Å². The molecule has 2 heterocycles. The standard InChI is InChI=1S/C16H14N2S.C2H4O2/c1-16(10-17-12-7-3-2-6-11(12)16)15-18-13-8-4-5-9-14(13)19-15;1-2(3)4/h2-9,17H,10H2,1H3;1H3,(H,3,4). The van der Waals surface area contributed by atoms with Gasteiger partial charge in [0.05, 0.1) is 15.6 Å². The maximum Gasteiger partial charge on any atom is 0.300 e. The minimum Gasteiger partial charge on any atom is -0.481 e. The minimum atomic E-state index is -0.833. The summed E-state index contributed by atoms with van der Waals surface area (Å²) in [6.07, 6.45) is 0. The SMILES string of the molecule is CC(=O)O.CC1(c2nc3ccccc3s2)CNc2ccccc21. The van der Waals surface area contributed by atoms with E-state index in [0.29, 0.717) is 0 Å². The molecule has 1 aliphatic heterocycles. The number of carboxylic acid groups (broad SMARTS) is 1. The third kappa shape index (κ3) is 2.92. The number of benzene rings is 2. The average molecular weight is 326 g/mol. The van der Waals surface area contributed by atoms with Crippen LogP contribution in [0.25, 0.3) is 10.2 Å². The third-order valence-corrected chi connectivity index (χ3v) is 5.22. The first kappa shape index (κ1) is 15.5. The highest BCUT2D eigenvalue weighted by molar-refractivity contribution is 7.18. The van der Waals surface area contributed by atoms with Crippen LogP contribution in [-0.2, 0) is 10.2 Å². The molecule has 2 aromatic carbocycles. The maximum absolute atomic E-state index is 9.00. The van der Waals surface area contributed by atoms with Gasteiger partial charge in [-0.05, 0) is 30.7 Å². The molecule has 4 nitrogen and oxygen atoms in total. The van der Waals surface area contributed by atoms with Crippen LogP contribution in [0.1, 0.15) is 24.4 Å². The van der Waals surface area contributed by atoms with Crippen LogP contribution in [-0.4, -0.2) is 22.6 Å². The lowest BCUT2D eigenvalue weighted by Crippen LogP contribution is -2.25. The highest BCUT2D eigenvalue weighted by atomic mass is 32.1. The van der Waals surface area contributed by atoms with Gasteiger partial charge in [0.15, 0.2) is 0 Å². The van der Waals surface area contributed by atoms with E-state index in [1.54, 1.807) is 11.3 Å². The Hall–Kier alpha value is -2.40. The number of rotatable bonds is 1. The van der Waals surface area contributed by atoms with Gasteiger partial charge < -0.3 is 10.4 Å². The van der Waals surface area contributed by atoms with Gasteiger partial charge in [-0.2, -0.15) is 0 Å². The Morgan fingerprint density at radius 1 is 1.22 bits per heavy atom. The lowest BCUT2D eigenvalue weighted by molar-refractivity contribution is -0.134. The Morgan fingerprint density at radius 3 is 2.61 bits per heavy atom. The van der Waals surface area contributed by atoms with Crippen LogP contribution in [0.2, 0.25) is 0 Å². The highest BCUT2D eigenvalue weighted by Gasteiger charge is 2.38. The topological polar surface area (TPSA) is 62.2 Å². The smallest absolute Gasteiger partial charge is 0.300 e. The van der Waals surface area contributed by atoms with Crippen LogP contribution in [0.15, 0.2) is 48.5 Å². The number of fused-ring (bicyclic) bond motifs is 2. The summed E-state index contributed by atoms with van der Waals surface area (Å²) in [5, 5.41) is 12.1. The molecule has 0 saturated heterocycles. The van der Waals surface area contributed by atoms with E-state index in [-0.39, 0.29) is 5.41 Å². The van der Waals surface area contributed by atoms with Crippen LogP contribution >= 0.6 is 11.3 Å². The molecular weight excluding hydrogens is 308 g/mol. The molecule has 23 heavy (non-hydrogen) atoms. The Kier molecular flexibility index (Phi) is 4.05. The zero-order chi connectivity index (χ0) is 16.4. The molecule has 0 saturated carbocycles. The number of carboxylic acids is 1. The van der Waals surface area contributed by atoms with Gasteiger partial charge in [0, 0.05) is 19.2 Å². The molecule has 1 unspecified atom stereocenters. The number of nitrogens with one attached hydrogen (secondary N) is 1. The van der Waals surface area contributed by atoms with Crippen molar-refractivity contribution >= 4 is 33.2 Å². The Bertz CT molecular complexity index is 822. The summed E-state index contributed by atoms with van der Waals surface area (Å²) in [6.45, 7) is 4.29. The van der Waals surface area contributed by atoms with E-state index in [9.17, 15) is 0 Å². The van der Waals surface area contributed by atoms with Crippen LogP contribution in [0.5, 0.6) is 0 Å². The van der Waals surface area contributed by atoms with Crippen molar-refractivity contribution in [3.8, 4) is 0 Å². The number of para-hydroxylation sites is 2. The van der Waals surface area contributed by atoms with E-state index in [4.69, 9.17) is 14.9 Å². The van der Waals surface area contributed by atoms with Gasteiger partial charge in [0.1, 0.15) is 5.01 Å². The van der Waals surface area contributed by atoms with Crippen molar-refractivity contribution in [2.45, 2.75) is 19.3 Å². The monoisotopic (exact) mass is 326 g/mol. The Balaban J connectivity index is 0.000000354. The molecule has 2 N–H and O–H groups in total. The van der Waals surface area contributed by atoms with Gasteiger partial charge in [-0.15, -0.1) is 11.3 Å². The van der Waals surface area contributed by atoms with E-state index in [2.05, 4.69) is 60.8 Å². The van der Waals surface area contributed by atoms with Gasteiger partial charge in [-0.1, -0.05) is 30.3 Å². The number of hydrogen-bond donors (Lipinski definition) is 2. The molecule has 1 atom stereocenters. The summed E-state index contributed by atoms with van der Waals surface area (Å²) >= 11 is 1.81. The Morgan fingerprint density at radius 2 is 1.87 bits per heavy atom. The van der Waals surface area contributed by atoms with Gasteiger partial charge >= 0.3 is 0 Å². The van der Waals surface area contributed by atoms with E-state index < -0.39 is 5.97 Å². The number of aliphatic carboxylic acids is 1. The predicted molar refractivity (Wildman–Crippen MR) is 94.3 cm³/mol. The fraction of sp³-hybridized carbons (Fsp3) is 0.222. The molecule has 1 aliphatic rings. The number of aromatic nitrogens is 1. The molecule has 0 bridgehead atoms. The molecule has 0 radical (unpaired) electrons. The van der Waals surface area contributed by atoms with Crippen LogP contribution in [0, 0.1) is 0 Å². The average Bonchev–Trinajstić information content (AvgIpc) is 3.10. The molecule has 4 rings (SSSR count). The highest BCUT2D eigenvalue weighted by Crippen LogP contribution is 2.43. The molecule has 0 fully saturated rings. The van der Waals surface area contributed by atoms with Crippen molar-refractivity contribution < 1.29 is 9.90 Å². The van der Waals surface area contributed by atoms with Crippen LogP contribution in [0.3, 0.4) is 0 Å². The molecule has 0 spiro atoms. The van der Waals surface area contributed by atoms with Gasteiger partial charge in [0.25, 0.3) is 5.97 Å². The summed E-state index contributed by atoms with van der Waals surface area (Å²) < 4.78 is 1.27. The molecule has 5 heteroatoms. The van der Waals surface area contributed by atoms with Crippen molar-refractivity contribution in [3.05, 3.63) is 59.1 Å². The van der Waals surface area contributed by atoms with E-state index >= 15 is 0 Å². The molecule has 3 aromatic rings. The number of carbonyl (C=O) groups is 1. The predicted octanol–water partition coefficient (Wildman–Crippen LogP) is 4.12. The van der Waals surface area contributed by atoms with Crippen molar-refractivity contribution in [1.82, 2.24) is 4.98 Å². The van der Waals surface area contributed by atoms with Crippen molar-refractivity contribution in [2.75, 3.05) is 11.9 Å². The number of thiazole rings is 1. The van der Waals surface area contributed by atoms with Gasteiger partial charge in [-0.25, -0.2) is 4.98 Å². The van der Waals surface area contributed by atoms with Crippen molar-refractivity contribution in [2.24, 2.45) is 0 Å². The number of nitrogens with zero attached hydrogens (tertiary/aromatic N) is 1. The molecule has 0 aliphatic carbocycles.